The first-order valence-electron chi connectivity index (χ1n) is 9.47. The van der Waals surface area contributed by atoms with Crippen molar-refractivity contribution in [1.82, 2.24) is 15.3 Å². The van der Waals surface area contributed by atoms with Crippen LogP contribution in [-0.4, -0.2) is 33.6 Å². The van der Waals surface area contributed by atoms with E-state index in [-0.39, 0.29) is 18.6 Å². The number of hydrogen-bond acceptors (Lipinski definition) is 5. The van der Waals surface area contributed by atoms with Crippen molar-refractivity contribution >= 4 is 39.7 Å². The number of aliphatic hydroxyl groups excluding tert-OH is 1. The standard InChI is InChI=1S/C22H22N4O2S/c27-12-8-16(14-15-4-2-1-3-5-15)25-22(28)20-19(9-13-29-20)26-18-7-11-24-21-17(18)6-10-23-21/h1-7,9-11,13,16,27H,8,12,14H2,(H,25,28)(H2,23,24,26). The highest BCUT2D eigenvalue weighted by molar-refractivity contribution is 7.12. The van der Waals surface area contributed by atoms with Crippen LogP contribution in [0.1, 0.15) is 21.7 Å². The van der Waals surface area contributed by atoms with Crippen molar-refractivity contribution < 1.29 is 9.90 Å². The summed E-state index contributed by atoms with van der Waals surface area (Å²) in [7, 11) is 0. The predicted octanol–water partition coefficient (Wildman–Crippen LogP) is 4.09. The second kappa shape index (κ2) is 8.89. The second-order valence-electron chi connectivity index (χ2n) is 6.76. The number of amides is 1. The lowest BCUT2D eigenvalue weighted by atomic mass is 10.0. The lowest BCUT2D eigenvalue weighted by molar-refractivity contribution is 0.0935. The summed E-state index contributed by atoms with van der Waals surface area (Å²) >= 11 is 1.39. The van der Waals surface area contributed by atoms with Gasteiger partial charge < -0.3 is 20.7 Å². The zero-order chi connectivity index (χ0) is 20.1. The van der Waals surface area contributed by atoms with Gasteiger partial charge in [-0.3, -0.25) is 4.79 Å². The number of benzene rings is 1. The van der Waals surface area contributed by atoms with Gasteiger partial charge in [0, 0.05) is 30.4 Å². The number of fused-ring (bicyclic) bond motifs is 1. The Labute approximate surface area is 172 Å². The molecule has 0 aliphatic heterocycles. The summed E-state index contributed by atoms with van der Waals surface area (Å²) in [6.07, 6.45) is 4.75. The number of nitrogens with zero attached hydrogens (tertiary/aromatic N) is 1. The number of nitrogens with one attached hydrogen (secondary N) is 3. The molecule has 1 aromatic carbocycles. The van der Waals surface area contributed by atoms with Crippen molar-refractivity contribution in [1.29, 1.82) is 0 Å². The van der Waals surface area contributed by atoms with Gasteiger partial charge in [0.2, 0.25) is 0 Å². The molecular weight excluding hydrogens is 384 g/mol. The summed E-state index contributed by atoms with van der Waals surface area (Å²) in [6.45, 7) is 0.0236. The van der Waals surface area contributed by atoms with Gasteiger partial charge in [0.1, 0.15) is 10.5 Å². The molecule has 148 valence electrons. The van der Waals surface area contributed by atoms with Gasteiger partial charge in [0.05, 0.1) is 11.4 Å². The van der Waals surface area contributed by atoms with Crippen LogP contribution in [0, 0.1) is 0 Å². The maximum absolute atomic E-state index is 13.0. The SMILES string of the molecule is O=C(NC(CCO)Cc1ccccc1)c1sccc1Nc1ccnc2[nH]ccc12. The van der Waals surface area contributed by atoms with Gasteiger partial charge >= 0.3 is 0 Å². The van der Waals surface area contributed by atoms with Crippen LogP contribution in [0.5, 0.6) is 0 Å². The van der Waals surface area contributed by atoms with E-state index in [2.05, 4.69) is 20.6 Å². The Bertz CT molecular complexity index is 1090. The molecule has 0 saturated carbocycles. The van der Waals surface area contributed by atoms with Crippen molar-refractivity contribution in [3.8, 4) is 0 Å². The van der Waals surface area contributed by atoms with Gasteiger partial charge in [-0.1, -0.05) is 30.3 Å². The van der Waals surface area contributed by atoms with Gasteiger partial charge in [0.25, 0.3) is 5.91 Å². The number of anilines is 2. The van der Waals surface area contributed by atoms with Crippen molar-refractivity contribution in [3.05, 3.63) is 76.7 Å². The van der Waals surface area contributed by atoms with E-state index in [9.17, 15) is 9.90 Å². The number of aromatic nitrogens is 2. The fraction of sp³-hybridized carbons (Fsp3) is 0.182. The Morgan fingerprint density at radius 3 is 2.83 bits per heavy atom. The van der Waals surface area contributed by atoms with E-state index in [1.165, 1.54) is 11.3 Å². The number of thiophene rings is 1. The Morgan fingerprint density at radius 1 is 1.14 bits per heavy atom. The minimum atomic E-state index is -0.142. The third-order valence-corrected chi connectivity index (χ3v) is 5.65. The topological polar surface area (TPSA) is 90.0 Å². The highest BCUT2D eigenvalue weighted by atomic mass is 32.1. The maximum Gasteiger partial charge on any atom is 0.263 e. The number of aromatic amines is 1. The van der Waals surface area contributed by atoms with Crippen molar-refractivity contribution in [2.75, 3.05) is 11.9 Å². The summed E-state index contributed by atoms with van der Waals surface area (Å²) in [5.41, 5.74) is 3.56. The summed E-state index contributed by atoms with van der Waals surface area (Å²) in [6, 6.07) is 15.6. The molecule has 3 heterocycles. The Hall–Kier alpha value is -3.16. The molecule has 0 fully saturated rings. The number of H-pyrrole nitrogens is 1. The largest absolute Gasteiger partial charge is 0.396 e. The molecule has 1 atom stereocenters. The summed E-state index contributed by atoms with van der Waals surface area (Å²) in [5, 5.41) is 18.7. The molecule has 7 heteroatoms. The van der Waals surface area contributed by atoms with E-state index in [0.717, 1.165) is 28.0 Å². The Balaban J connectivity index is 1.50. The average molecular weight is 407 g/mol. The van der Waals surface area contributed by atoms with E-state index >= 15 is 0 Å². The summed E-state index contributed by atoms with van der Waals surface area (Å²) in [4.78, 5) is 21.0. The van der Waals surface area contributed by atoms with Gasteiger partial charge in [-0.25, -0.2) is 4.98 Å². The van der Waals surface area contributed by atoms with Gasteiger partial charge in [-0.05, 0) is 42.0 Å². The number of carbonyl (C=O) groups is 1. The van der Waals surface area contributed by atoms with Gasteiger partial charge in [-0.2, -0.15) is 0 Å². The average Bonchev–Trinajstić information content (AvgIpc) is 3.39. The molecule has 0 spiro atoms. The third-order valence-electron chi connectivity index (χ3n) is 4.74. The van der Waals surface area contributed by atoms with Crippen LogP contribution in [0.15, 0.2) is 66.3 Å². The summed E-state index contributed by atoms with van der Waals surface area (Å²) in [5.74, 6) is -0.142. The molecule has 0 bridgehead atoms. The first-order chi connectivity index (χ1) is 14.2. The minimum absolute atomic E-state index is 0.0236. The molecule has 6 nitrogen and oxygen atoms in total. The van der Waals surface area contributed by atoms with Crippen molar-refractivity contribution in [2.24, 2.45) is 0 Å². The van der Waals surface area contributed by atoms with Crippen LogP contribution >= 0.6 is 11.3 Å². The Morgan fingerprint density at radius 2 is 2.00 bits per heavy atom. The van der Waals surface area contributed by atoms with E-state index in [1.54, 1.807) is 6.20 Å². The zero-order valence-electron chi connectivity index (χ0n) is 15.8. The van der Waals surface area contributed by atoms with Crippen LogP contribution in [0.4, 0.5) is 11.4 Å². The zero-order valence-corrected chi connectivity index (χ0v) is 16.6. The fourth-order valence-corrected chi connectivity index (χ4v) is 4.08. The summed E-state index contributed by atoms with van der Waals surface area (Å²) < 4.78 is 0. The smallest absolute Gasteiger partial charge is 0.263 e. The monoisotopic (exact) mass is 406 g/mol. The molecule has 3 aromatic heterocycles. The molecule has 1 amide bonds. The predicted molar refractivity (Wildman–Crippen MR) is 117 cm³/mol. The molecule has 4 N–H and O–H groups in total. The molecule has 1 unspecified atom stereocenters. The number of carbonyl (C=O) groups excluding carboxylic acids is 1. The number of rotatable bonds is 8. The maximum atomic E-state index is 13.0. The first kappa shape index (κ1) is 19.2. The van der Waals surface area contributed by atoms with Crippen molar-refractivity contribution in [2.45, 2.75) is 18.9 Å². The van der Waals surface area contributed by atoms with E-state index in [0.29, 0.717) is 17.7 Å². The number of hydrogen-bond donors (Lipinski definition) is 4. The fourth-order valence-electron chi connectivity index (χ4n) is 3.33. The van der Waals surface area contributed by atoms with Crippen LogP contribution in [-0.2, 0) is 6.42 Å². The number of pyridine rings is 1. The third kappa shape index (κ3) is 4.47. The van der Waals surface area contributed by atoms with Crippen LogP contribution in [0.3, 0.4) is 0 Å². The quantitative estimate of drug-likeness (QED) is 0.355. The minimum Gasteiger partial charge on any atom is -0.396 e. The lowest BCUT2D eigenvalue weighted by Crippen LogP contribution is -2.37. The molecule has 0 saturated heterocycles. The molecular formula is C22H22N4O2S. The molecule has 4 rings (SSSR count). The van der Waals surface area contributed by atoms with E-state index in [4.69, 9.17) is 0 Å². The van der Waals surface area contributed by atoms with E-state index in [1.807, 2.05) is 60.1 Å². The molecule has 0 radical (unpaired) electrons. The molecule has 0 aliphatic carbocycles. The first-order valence-corrected chi connectivity index (χ1v) is 10.3. The van der Waals surface area contributed by atoms with Crippen molar-refractivity contribution in [3.63, 3.8) is 0 Å². The van der Waals surface area contributed by atoms with Gasteiger partial charge in [-0.15, -0.1) is 11.3 Å². The molecule has 0 aliphatic rings. The van der Waals surface area contributed by atoms with Crippen LogP contribution in [0.25, 0.3) is 11.0 Å². The van der Waals surface area contributed by atoms with E-state index < -0.39 is 0 Å². The highest BCUT2D eigenvalue weighted by Gasteiger charge is 2.19. The highest BCUT2D eigenvalue weighted by Crippen LogP contribution is 2.29. The van der Waals surface area contributed by atoms with Crippen LogP contribution in [0.2, 0.25) is 0 Å². The molecule has 29 heavy (non-hydrogen) atoms. The second-order valence-corrected chi connectivity index (χ2v) is 7.68. The van der Waals surface area contributed by atoms with Gasteiger partial charge in [0.15, 0.2) is 0 Å². The Kier molecular flexibility index (Phi) is 5.88. The number of aliphatic hydroxyl groups is 1. The normalized spacial score (nSPS) is 12.0. The lowest BCUT2D eigenvalue weighted by Gasteiger charge is -2.18. The van der Waals surface area contributed by atoms with Crippen LogP contribution < -0.4 is 10.6 Å². The molecule has 4 aromatic rings.